The summed E-state index contributed by atoms with van der Waals surface area (Å²) in [5.74, 6) is 0.176. The number of methoxy groups -OCH3 is 1. The van der Waals surface area contributed by atoms with E-state index in [1.165, 1.54) is 19.2 Å². The summed E-state index contributed by atoms with van der Waals surface area (Å²) in [5, 5.41) is 0. The fraction of sp³-hybridized carbons (Fsp3) is 0.250. The lowest BCUT2D eigenvalue weighted by molar-refractivity contribution is -0.275. The molecule has 0 saturated carbocycles. The highest BCUT2D eigenvalue weighted by Crippen LogP contribution is 2.36. The number of nitrogens with two attached hydrogens (primary N) is 1. The molecular weight excluding hydrogens is 347 g/mol. The van der Waals surface area contributed by atoms with Crippen molar-refractivity contribution in [3.8, 4) is 28.4 Å². The predicted octanol–water partition coefficient (Wildman–Crippen LogP) is 4.02. The lowest BCUT2D eigenvalue weighted by Gasteiger charge is -2.15. The monoisotopic (exact) mass is 363 g/mol. The smallest absolute Gasteiger partial charge is 0.497 e. The highest BCUT2D eigenvalue weighted by atomic mass is 35.5. The highest BCUT2D eigenvalue weighted by molar-refractivity contribution is 5.85. The fourth-order valence-corrected chi connectivity index (χ4v) is 1.98. The Labute approximate surface area is 143 Å². The largest absolute Gasteiger partial charge is 0.573 e. The van der Waals surface area contributed by atoms with E-state index in [9.17, 15) is 13.2 Å². The van der Waals surface area contributed by atoms with Crippen molar-refractivity contribution >= 4 is 12.4 Å². The Morgan fingerprint density at radius 3 is 2.33 bits per heavy atom. The average Bonchev–Trinajstić information content (AvgIpc) is 2.52. The van der Waals surface area contributed by atoms with Crippen LogP contribution in [0, 0.1) is 0 Å². The van der Waals surface area contributed by atoms with Crippen molar-refractivity contribution in [2.75, 3.05) is 20.3 Å². The molecule has 0 spiro atoms. The highest BCUT2D eigenvalue weighted by Gasteiger charge is 2.32. The van der Waals surface area contributed by atoms with E-state index in [0.717, 1.165) is 0 Å². The Bertz CT molecular complexity index is 665. The van der Waals surface area contributed by atoms with E-state index >= 15 is 0 Å². The second-order valence-electron chi connectivity index (χ2n) is 4.58. The first-order valence-corrected chi connectivity index (χ1v) is 6.80. The van der Waals surface area contributed by atoms with Crippen LogP contribution in [-0.2, 0) is 0 Å². The van der Waals surface area contributed by atoms with Gasteiger partial charge in [-0.1, -0.05) is 18.2 Å². The summed E-state index contributed by atoms with van der Waals surface area (Å²) in [6.07, 6.45) is -4.81. The quantitative estimate of drug-likeness (QED) is 0.842. The standard InChI is InChI=1S/C16H16F3NO3.ClH/c1-21-13-4-2-3-11(9-13)12-5-6-14(22-8-7-20)15(10-12)23-16(17,18)19;/h2-6,9-10H,7-8,20H2,1H3;1H. The van der Waals surface area contributed by atoms with Crippen LogP contribution in [0.3, 0.4) is 0 Å². The second-order valence-corrected chi connectivity index (χ2v) is 4.58. The maximum absolute atomic E-state index is 12.6. The summed E-state index contributed by atoms with van der Waals surface area (Å²) < 4.78 is 52.1. The zero-order chi connectivity index (χ0) is 16.9. The van der Waals surface area contributed by atoms with Gasteiger partial charge >= 0.3 is 6.36 Å². The van der Waals surface area contributed by atoms with Crippen molar-refractivity contribution < 1.29 is 27.4 Å². The van der Waals surface area contributed by atoms with E-state index in [1.54, 1.807) is 30.3 Å². The molecule has 0 radical (unpaired) electrons. The molecule has 8 heteroatoms. The number of alkyl halides is 3. The third-order valence-electron chi connectivity index (χ3n) is 2.95. The first-order chi connectivity index (χ1) is 10.9. The molecule has 0 aliphatic rings. The number of ether oxygens (including phenoxy) is 3. The van der Waals surface area contributed by atoms with Crippen LogP contribution in [0.25, 0.3) is 11.1 Å². The summed E-state index contributed by atoms with van der Waals surface area (Å²) in [6.45, 7) is 0.274. The van der Waals surface area contributed by atoms with Gasteiger partial charge < -0.3 is 19.9 Å². The van der Waals surface area contributed by atoms with Crippen LogP contribution in [0.2, 0.25) is 0 Å². The van der Waals surface area contributed by atoms with Gasteiger partial charge in [-0.05, 0) is 35.4 Å². The van der Waals surface area contributed by atoms with Crippen LogP contribution < -0.4 is 19.9 Å². The van der Waals surface area contributed by atoms with Gasteiger partial charge in [0, 0.05) is 6.54 Å². The first-order valence-electron chi connectivity index (χ1n) is 6.80. The minimum absolute atomic E-state index is 0. The number of benzene rings is 2. The molecule has 4 nitrogen and oxygen atoms in total. The molecule has 0 bridgehead atoms. The van der Waals surface area contributed by atoms with Crippen molar-refractivity contribution in [1.29, 1.82) is 0 Å². The van der Waals surface area contributed by atoms with Crippen molar-refractivity contribution in [2.45, 2.75) is 6.36 Å². The third kappa shape index (κ3) is 5.50. The zero-order valence-corrected chi connectivity index (χ0v) is 13.6. The fourth-order valence-electron chi connectivity index (χ4n) is 1.98. The minimum atomic E-state index is -4.81. The van der Waals surface area contributed by atoms with Gasteiger partial charge in [-0.15, -0.1) is 25.6 Å². The van der Waals surface area contributed by atoms with Crippen molar-refractivity contribution in [3.05, 3.63) is 42.5 Å². The van der Waals surface area contributed by atoms with Gasteiger partial charge in [-0.3, -0.25) is 0 Å². The summed E-state index contributed by atoms with van der Waals surface area (Å²) in [6, 6.07) is 11.3. The Morgan fingerprint density at radius 1 is 1.00 bits per heavy atom. The van der Waals surface area contributed by atoms with Crippen LogP contribution in [0.5, 0.6) is 17.2 Å². The molecule has 2 rings (SSSR count). The van der Waals surface area contributed by atoms with Crippen molar-refractivity contribution in [2.24, 2.45) is 5.73 Å². The normalized spacial score (nSPS) is 10.7. The van der Waals surface area contributed by atoms with E-state index in [4.69, 9.17) is 15.2 Å². The molecule has 0 aliphatic heterocycles. The van der Waals surface area contributed by atoms with Crippen LogP contribution in [0.15, 0.2) is 42.5 Å². The van der Waals surface area contributed by atoms with Gasteiger partial charge in [-0.25, -0.2) is 0 Å². The molecule has 132 valence electrons. The minimum Gasteiger partial charge on any atom is -0.497 e. The van der Waals surface area contributed by atoms with Gasteiger partial charge in [0.1, 0.15) is 12.4 Å². The number of hydrogen-bond donors (Lipinski definition) is 1. The van der Waals surface area contributed by atoms with Gasteiger partial charge in [0.25, 0.3) is 0 Å². The Kier molecular flexibility index (Phi) is 7.18. The molecule has 2 aromatic rings. The van der Waals surface area contributed by atoms with Crippen LogP contribution in [-0.4, -0.2) is 26.6 Å². The first kappa shape index (κ1) is 19.9. The van der Waals surface area contributed by atoms with Gasteiger partial charge in [0.15, 0.2) is 11.5 Å². The molecule has 24 heavy (non-hydrogen) atoms. The molecule has 0 aromatic heterocycles. The summed E-state index contributed by atoms with van der Waals surface area (Å²) in [5.41, 5.74) is 6.55. The molecule has 0 heterocycles. The molecule has 0 fully saturated rings. The summed E-state index contributed by atoms with van der Waals surface area (Å²) in [7, 11) is 1.51. The van der Waals surface area contributed by atoms with Gasteiger partial charge in [0.05, 0.1) is 7.11 Å². The second kappa shape index (κ2) is 8.65. The molecule has 2 aromatic carbocycles. The van der Waals surface area contributed by atoms with Gasteiger partial charge in [0.2, 0.25) is 0 Å². The Morgan fingerprint density at radius 2 is 1.71 bits per heavy atom. The Hall–Kier alpha value is -2.12. The van der Waals surface area contributed by atoms with E-state index in [0.29, 0.717) is 16.9 Å². The number of hydrogen-bond acceptors (Lipinski definition) is 4. The SMILES string of the molecule is COc1cccc(-c2ccc(OCCN)c(OC(F)(F)F)c2)c1.Cl. The van der Waals surface area contributed by atoms with E-state index in [2.05, 4.69) is 4.74 Å². The van der Waals surface area contributed by atoms with E-state index in [1.807, 2.05) is 0 Å². The molecule has 0 unspecified atom stereocenters. The zero-order valence-electron chi connectivity index (χ0n) is 12.8. The molecular formula is C16H17ClF3NO3. The van der Waals surface area contributed by atoms with Crippen molar-refractivity contribution in [1.82, 2.24) is 0 Å². The number of halogens is 4. The number of rotatable bonds is 6. The van der Waals surface area contributed by atoms with Gasteiger partial charge in [-0.2, -0.15) is 0 Å². The lowest BCUT2D eigenvalue weighted by atomic mass is 10.0. The topological polar surface area (TPSA) is 53.7 Å². The molecule has 2 N–H and O–H groups in total. The van der Waals surface area contributed by atoms with E-state index in [-0.39, 0.29) is 31.3 Å². The van der Waals surface area contributed by atoms with Crippen LogP contribution >= 0.6 is 12.4 Å². The van der Waals surface area contributed by atoms with Crippen molar-refractivity contribution in [3.63, 3.8) is 0 Å². The lowest BCUT2D eigenvalue weighted by Crippen LogP contribution is -2.18. The maximum atomic E-state index is 12.6. The molecule has 0 saturated heterocycles. The summed E-state index contributed by atoms with van der Waals surface area (Å²) >= 11 is 0. The predicted molar refractivity (Wildman–Crippen MR) is 86.9 cm³/mol. The molecule has 0 atom stereocenters. The summed E-state index contributed by atoms with van der Waals surface area (Å²) in [4.78, 5) is 0. The Balaban J connectivity index is 0.00000288. The van der Waals surface area contributed by atoms with Crippen LogP contribution in [0.1, 0.15) is 0 Å². The van der Waals surface area contributed by atoms with Crippen LogP contribution in [0.4, 0.5) is 13.2 Å². The molecule has 0 aliphatic carbocycles. The van der Waals surface area contributed by atoms with E-state index < -0.39 is 12.1 Å². The maximum Gasteiger partial charge on any atom is 0.573 e. The molecule has 0 amide bonds. The average molecular weight is 364 g/mol. The third-order valence-corrected chi connectivity index (χ3v) is 2.95.